The van der Waals surface area contributed by atoms with Gasteiger partial charge in [0, 0.05) is 18.9 Å². The van der Waals surface area contributed by atoms with Gasteiger partial charge in [0.2, 0.25) is 5.82 Å². The summed E-state index contributed by atoms with van der Waals surface area (Å²) in [7, 11) is 0.851. The van der Waals surface area contributed by atoms with Crippen LogP contribution in [0.4, 0.5) is 22.0 Å². The number of benzene rings is 1. The predicted molar refractivity (Wildman–Crippen MR) is 87.5 cm³/mol. The van der Waals surface area contributed by atoms with Gasteiger partial charge in [-0.15, -0.1) is 10.2 Å². The van der Waals surface area contributed by atoms with Crippen molar-refractivity contribution >= 4 is 5.65 Å². The molecule has 1 aromatic carbocycles. The van der Waals surface area contributed by atoms with Crippen LogP contribution in [0.1, 0.15) is 24.4 Å². The van der Waals surface area contributed by atoms with Crippen LogP contribution in [0, 0.1) is 0 Å². The van der Waals surface area contributed by atoms with E-state index in [4.69, 9.17) is 4.74 Å². The Labute approximate surface area is 155 Å². The van der Waals surface area contributed by atoms with E-state index in [0.29, 0.717) is 16.8 Å². The molecule has 0 aliphatic rings. The van der Waals surface area contributed by atoms with Crippen LogP contribution in [0.3, 0.4) is 0 Å². The van der Waals surface area contributed by atoms with Crippen molar-refractivity contribution in [3.8, 4) is 11.3 Å². The van der Waals surface area contributed by atoms with E-state index in [1.165, 1.54) is 19.3 Å². The van der Waals surface area contributed by atoms with E-state index < -0.39 is 30.8 Å². The summed E-state index contributed by atoms with van der Waals surface area (Å²) in [5, 5.41) is 7.07. The zero-order valence-corrected chi connectivity index (χ0v) is 14.7. The van der Waals surface area contributed by atoms with Crippen LogP contribution in [0.25, 0.3) is 16.9 Å². The predicted octanol–water partition coefficient (Wildman–Crippen LogP) is 4.13. The van der Waals surface area contributed by atoms with Crippen LogP contribution >= 0.6 is 0 Å². The van der Waals surface area contributed by atoms with Gasteiger partial charge in [0.05, 0.1) is 18.0 Å². The highest BCUT2D eigenvalue weighted by molar-refractivity contribution is 5.60. The number of hydrogen-bond acceptors (Lipinski definition) is 5. The average Bonchev–Trinajstić information content (AvgIpc) is 3.09. The normalized spacial score (nSPS) is 13.8. The summed E-state index contributed by atoms with van der Waals surface area (Å²) in [5.74, 6) is -0.695. The van der Waals surface area contributed by atoms with Crippen LogP contribution in [0.15, 0.2) is 36.7 Å². The molecule has 150 valence electrons. The van der Waals surface area contributed by atoms with Gasteiger partial charge in [0.1, 0.15) is 6.61 Å². The molecule has 0 fully saturated rings. The molecule has 0 N–H and O–H groups in total. The van der Waals surface area contributed by atoms with E-state index in [2.05, 4.69) is 19.9 Å². The van der Waals surface area contributed by atoms with Gasteiger partial charge in [0.25, 0.3) is 0 Å². The van der Waals surface area contributed by atoms with Crippen molar-refractivity contribution in [2.45, 2.75) is 25.3 Å². The van der Waals surface area contributed by atoms with E-state index in [-0.39, 0.29) is 5.65 Å². The van der Waals surface area contributed by atoms with E-state index in [9.17, 15) is 22.0 Å². The second-order valence-electron chi connectivity index (χ2n) is 5.94. The largest absolute Gasteiger partial charge is 0.417 e. The van der Waals surface area contributed by atoms with Crippen molar-refractivity contribution in [3.05, 3.63) is 48.0 Å². The first-order chi connectivity index (χ1) is 13.1. The van der Waals surface area contributed by atoms with Crippen LogP contribution < -0.4 is 0 Å². The second kappa shape index (κ2) is 7.40. The lowest BCUT2D eigenvalue weighted by Gasteiger charge is -2.15. The Hall–Kier alpha value is -2.66. The van der Waals surface area contributed by atoms with E-state index >= 15 is 0 Å². The first-order valence-corrected chi connectivity index (χ1v) is 8.03. The molecule has 6 nitrogen and oxygen atoms in total. The van der Waals surface area contributed by atoms with Gasteiger partial charge >= 0.3 is 12.3 Å². The topological polar surface area (TPSA) is 61.5 Å². The van der Waals surface area contributed by atoms with E-state index in [1.807, 2.05) is 0 Å². The SMILES string of the molecule is COC(F)(F)c1nnc2cnc(-c3ccc([C@@H](C)OCC(F)(F)F)cc3)cn12. The molecule has 3 aromatic rings. The van der Waals surface area contributed by atoms with Crippen molar-refractivity contribution in [2.24, 2.45) is 0 Å². The van der Waals surface area contributed by atoms with Gasteiger partial charge in [-0.3, -0.25) is 9.38 Å². The van der Waals surface area contributed by atoms with E-state index in [1.54, 1.807) is 24.3 Å². The van der Waals surface area contributed by atoms with Crippen molar-refractivity contribution < 1.29 is 31.4 Å². The lowest BCUT2D eigenvalue weighted by Crippen LogP contribution is -2.19. The van der Waals surface area contributed by atoms with E-state index in [0.717, 1.165) is 11.5 Å². The number of alkyl halides is 5. The van der Waals surface area contributed by atoms with Gasteiger partial charge < -0.3 is 9.47 Å². The molecular formula is C17H15F5N4O2. The Morgan fingerprint density at radius 2 is 1.75 bits per heavy atom. The van der Waals surface area contributed by atoms with Gasteiger partial charge in [-0.1, -0.05) is 24.3 Å². The Balaban J connectivity index is 1.86. The molecular weight excluding hydrogens is 387 g/mol. The third kappa shape index (κ3) is 4.25. The van der Waals surface area contributed by atoms with Crippen LogP contribution in [-0.2, 0) is 15.6 Å². The minimum Gasteiger partial charge on any atom is -0.364 e. The molecule has 2 heterocycles. The monoisotopic (exact) mass is 402 g/mol. The molecule has 28 heavy (non-hydrogen) atoms. The molecule has 0 radical (unpaired) electrons. The van der Waals surface area contributed by atoms with Crippen LogP contribution in [-0.4, -0.2) is 39.5 Å². The molecule has 0 saturated carbocycles. The fraction of sp³-hybridized carbons (Fsp3) is 0.353. The fourth-order valence-corrected chi connectivity index (χ4v) is 2.48. The summed E-state index contributed by atoms with van der Waals surface area (Å²) in [6.07, 6.45) is -6.20. The molecule has 0 bridgehead atoms. The van der Waals surface area contributed by atoms with Crippen LogP contribution in [0.2, 0.25) is 0 Å². The highest BCUT2D eigenvalue weighted by atomic mass is 19.4. The zero-order chi connectivity index (χ0) is 20.5. The fourth-order valence-electron chi connectivity index (χ4n) is 2.48. The van der Waals surface area contributed by atoms with Gasteiger partial charge in [-0.25, -0.2) is 0 Å². The quantitative estimate of drug-likeness (QED) is 0.581. The Morgan fingerprint density at radius 3 is 2.36 bits per heavy atom. The smallest absolute Gasteiger partial charge is 0.364 e. The standard InChI is InChI=1S/C17H15F5N4O2/c1-10(28-9-16(18,19)20)11-3-5-12(6-4-11)13-8-26-14(7-23-13)24-25-15(26)17(21,22)27-2/h3-8,10H,9H2,1-2H3/t10-/m1/s1. The number of hydrogen-bond donors (Lipinski definition) is 0. The molecule has 0 spiro atoms. The molecule has 0 saturated heterocycles. The molecule has 0 amide bonds. The number of aromatic nitrogens is 4. The Bertz CT molecular complexity index is 956. The van der Waals surface area contributed by atoms with Crippen molar-refractivity contribution in [1.29, 1.82) is 0 Å². The summed E-state index contributed by atoms with van der Waals surface area (Å²) < 4.78 is 74.4. The van der Waals surface area contributed by atoms with Gasteiger partial charge in [0.15, 0.2) is 5.65 Å². The molecule has 0 unspecified atom stereocenters. The Kier molecular flexibility index (Phi) is 5.31. The summed E-state index contributed by atoms with van der Waals surface area (Å²) in [6.45, 7) is 0.152. The number of rotatable bonds is 6. The number of ether oxygens (including phenoxy) is 2. The first kappa shape index (κ1) is 20.1. The maximum atomic E-state index is 13.8. The maximum absolute atomic E-state index is 13.8. The lowest BCUT2D eigenvalue weighted by atomic mass is 10.1. The molecule has 1 atom stereocenters. The minimum absolute atomic E-state index is 0.112. The van der Waals surface area contributed by atoms with Gasteiger partial charge in [-0.2, -0.15) is 22.0 Å². The Morgan fingerprint density at radius 1 is 1.07 bits per heavy atom. The lowest BCUT2D eigenvalue weighted by molar-refractivity contribution is -0.237. The molecule has 3 rings (SSSR count). The van der Waals surface area contributed by atoms with Crippen molar-refractivity contribution in [3.63, 3.8) is 0 Å². The third-order valence-electron chi connectivity index (χ3n) is 3.98. The second-order valence-corrected chi connectivity index (χ2v) is 5.94. The summed E-state index contributed by atoms with van der Waals surface area (Å²) in [4.78, 5) is 4.15. The number of halogens is 5. The number of methoxy groups -OCH3 is 1. The molecule has 2 aromatic heterocycles. The van der Waals surface area contributed by atoms with Crippen molar-refractivity contribution in [1.82, 2.24) is 19.6 Å². The molecule has 11 heteroatoms. The third-order valence-corrected chi connectivity index (χ3v) is 3.98. The molecule has 0 aliphatic heterocycles. The minimum atomic E-state index is -4.41. The number of nitrogens with zero attached hydrogens (tertiary/aromatic N) is 4. The zero-order valence-electron chi connectivity index (χ0n) is 14.7. The van der Waals surface area contributed by atoms with Crippen molar-refractivity contribution in [2.75, 3.05) is 13.7 Å². The average molecular weight is 402 g/mol. The highest BCUT2D eigenvalue weighted by Gasteiger charge is 2.37. The summed E-state index contributed by atoms with van der Waals surface area (Å²) in [5.41, 5.74) is 1.55. The summed E-state index contributed by atoms with van der Waals surface area (Å²) >= 11 is 0. The number of fused-ring (bicyclic) bond motifs is 1. The first-order valence-electron chi connectivity index (χ1n) is 8.03. The van der Waals surface area contributed by atoms with Gasteiger partial charge in [-0.05, 0) is 12.5 Å². The van der Waals surface area contributed by atoms with Crippen LogP contribution in [0.5, 0.6) is 0 Å². The summed E-state index contributed by atoms with van der Waals surface area (Å²) in [6, 6.07) is 6.38. The maximum Gasteiger partial charge on any atom is 0.417 e. The highest BCUT2D eigenvalue weighted by Crippen LogP contribution is 2.29. The molecule has 0 aliphatic carbocycles.